The van der Waals surface area contributed by atoms with Crippen molar-refractivity contribution in [2.45, 2.75) is 78.1 Å². The lowest BCUT2D eigenvalue weighted by atomic mass is 9.86. The van der Waals surface area contributed by atoms with Crippen molar-refractivity contribution < 1.29 is 9.90 Å². The van der Waals surface area contributed by atoms with Gasteiger partial charge in [0.15, 0.2) is 0 Å². The summed E-state index contributed by atoms with van der Waals surface area (Å²) in [5.41, 5.74) is 5.11. The molecule has 2 nitrogen and oxygen atoms in total. The Balaban J connectivity index is 2.40. The normalized spacial score (nSPS) is 10.9. The van der Waals surface area contributed by atoms with Crippen LogP contribution < -0.4 is 0 Å². The number of rotatable bonds is 12. The molecule has 2 rings (SSSR count). The minimum Gasteiger partial charge on any atom is -0.478 e. The summed E-state index contributed by atoms with van der Waals surface area (Å²) in [4.78, 5) is 11.9. The molecule has 0 unspecified atom stereocenters. The first-order chi connectivity index (χ1) is 13.2. The van der Waals surface area contributed by atoms with Gasteiger partial charge in [-0.05, 0) is 54.0 Å². The van der Waals surface area contributed by atoms with E-state index in [0.29, 0.717) is 5.56 Å². The fourth-order valence-electron chi connectivity index (χ4n) is 3.80. The van der Waals surface area contributed by atoms with Crippen molar-refractivity contribution in [3.05, 3.63) is 59.2 Å². The number of hydrogen-bond donors (Lipinski definition) is 1. The van der Waals surface area contributed by atoms with Gasteiger partial charge in [-0.1, -0.05) is 88.8 Å². The Labute approximate surface area is 164 Å². The van der Waals surface area contributed by atoms with E-state index in [2.05, 4.69) is 26.0 Å². The lowest BCUT2D eigenvalue weighted by Gasteiger charge is -2.18. The van der Waals surface area contributed by atoms with E-state index in [-0.39, 0.29) is 0 Å². The molecule has 0 spiro atoms. The molecule has 27 heavy (non-hydrogen) atoms. The third-order valence-electron chi connectivity index (χ3n) is 5.27. The fourth-order valence-corrected chi connectivity index (χ4v) is 3.80. The summed E-state index contributed by atoms with van der Waals surface area (Å²) < 4.78 is 0. The van der Waals surface area contributed by atoms with Gasteiger partial charge in [-0.2, -0.15) is 0 Å². The minimum absolute atomic E-state index is 0.476. The van der Waals surface area contributed by atoms with Crippen LogP contribution in [0.3, 0.4) is 0 Å². The second-order valence-corrected chi connectivity index (χ2v) is 7.42. The lowest BCUT2D eigenvalue weighted by molar-refractivity contribution is 0.0695. The predicted molar refractivity (Wildman–Crippen MR) is 115 cm³/mol. The highest BCUT2D eigenvalue weighted by atomic mass is 16.4. The first kappa shape index (κ1) is 21.2. The molecule has 2 aromatic rings. The first-order valence-corrected chi connectivity index (χ1v) is 10.6. The molecule has 0 saturated heterocycles. The highest BCUT2D eigenvalue weighted by molar-refractivity contribution is 5.93. The maximum Gasteiger partial charge on any atom is 0.335 e. The summed E-state index contributed by atoms with van der Waals surface area (Å²) in [7, 11) is 0. The van der Waals surface area contributed by atoms with E-state index in [1.54, 1.807) is 0 Å². The molecule has 146 valence electrons. The molecule has 0 fully saturated rings. The highest BCUT2D eigenvalue weighted by Crippen LogP contribution is 2.33. The zero-order valence-electron chi connectivity index (χ0n) is 17.0. The zero-order valence-corrected chi connectivity index (χ0v) is 17.0. The third kappa shape index (κ3) is 6.23. The number of carboxylic acids is 1. The fraction of sp³-hybridized carbons (Fsp3) is 0.480. The summed E-state index contributed by atoms with van der Waals surface area (Å²) in [6.45, 7) is 4.43. The SMILES string of the molecule is CCCCCCCc1c(C(=O)O)ccc(CCCCC)c1-c1ccccc1. The van der Waals surface area contributed by atoms with Crippen LogP contribution in [0.5, 0.6) is 0 Å². The van der Waals surface area contributed by atoms with E-state index in [0.717, 1.165) is 36.8 Å². The van der Waals surface area contributed by atoms with Gasteiger partial charge in [0.05, 0.1) is 5.56 Å². The second kappa shape index (κ2) is 11.6. The largest absolute Gasteiger partial charge is 0.478 e. The van der Waals surface area contributed by atoms with Crippen LogP contribution in [0.15, 0.2) is 42.5 Å². The summed E-state index contributed by atoms with van der Waals surface area (Å²) >= 11 is 0. The van der Waals surface area contributed by atoms with Gasteiger partial charge < -0.3 is 5.11 Å². The molecular formula is C25H34O2. The number of aromatic carboxylic acids is 1. The maximum atomic E-state index is 11.9. The van der Waals surface area contributed by atoms with Crippen molar-refractivity contribution in [2.75, 3.05) is 0 Å². The van der Waals surface area contributed by atoms with Gasteiger partial charge in [0.2, 0.25) is 0 Å². The molecule has 0 radical (unpaired) electrons. The standard InChI is InChI=1S/C25H34O2/c1-3-5-7-8-13-17-22-23(25(26)27)19-18-21(14-10-6-4-2)24(22)20-15-11-9-12-16-20/h9,11-12,15-16,18-19H,3-8,10,13-14,17H2,1-2H3,(H,26,27). The zero-order chi connectivity index (χ0) is 19.5. The van der Waals surface area contributed by atoms with Gasteiger partial charge in [-0.15, -0.1) is 0 Å². The summed E-state index contributed by atoms with van der Waals surface area (Å²) in [6, 6.07) is 14.2. The molecule has 0 bridgehead atoms. The Morgan fingerprint density at radius 2 is 1.41 bits per heavy atom. The Hall–Kier alpha value is -2.09. The number of aryl methyl sites for hydroxylation is 1. The summed E-state index contributed by atoms with van der Waals surface area (Å²) in [5.74, 6) is -0.809. The quantitative estimate of drug-likeness (QED) is 0.400. The Morgan fingerprint density at radius 1 is 0.778 bits per heavy atom. The smallest absolute Gasteiger partial charge is 0.335 e. The number of carboxylic acid groups (broad SMARTS) is 1. The van der Waals surface area contributed by atoms with E-state index in [9.17, 15) is 9.90 Å². The minimum atomic E-state index is -0.809. The van der Waals surface area contributed by atoms with E-state index >= 15 is 0 Å². The first-order valence-electron chi connectivity index (χ1n) is 10.6. The Kier molecular flexibility index (Phi) is 9.10. The van der Waals surface area contributed by atoms with Crippen LogP contribution >= 0.6 is 0 Å². The molecule has 0 aromatic heterocycles. The van der Waals surface area contributed by atoms with Gasteiger partial charge in [0.1, 0.15) is 0 Å². The van der Waals surface area contributed by atoms with Crippen LogP contribution in [0, 0.1) is 0 Å². The molecule has 0 atom stereocenters. The molecule has 2 heteroatoms. The van der Waals surface area contributed by atoms with E-state index in [1.165, 1.54) is 49.7 Å². The van der Waals surface area contributed by atoms with Gasteiger partial charge in [0.25, 0.3) is 0 Å². The molecule has 0 aliphatic rings. The molecule has 0 aliphatic heterocycles. The Morgan fingerprint density at radius 3 is 2.07 bits per heavy atom. The summed E-state index contributed by atoms with van der Waals surface area (Å²) in [6.07, 6.45) is 11.3. The lowest BCUT2D eigenvalue weighted by Crippen LogP contribution is -2.07. The van der Waals surface area contributed by atoms with Crippen molar-refractivity contribution >= 4 is 5.97 Å². The van der Waals surface area contributed by atoms with Crippen molar-refractivity contribution in [2.24, 2.45) is 0 Å². The molecule has 2 aromatic carbocycles. The third-order valence-corrected chi connectivity index (χ3v) is 5.27. The number of benzene rings is 2. The van der Waals surface area contributed by atoms with Crippen molar-refractivity contribution in [1.82, 2.24) is 0 Å². The van der Waals surface area contributed by atoms with Crippen LogP contribution in [-0.2, 0) is 12.8 Å². The Bertz CT molecular complexity index is 704. The van der Waals surface area contributed by atoms with E-state index in [4.69, 9.17) is 0 Å². The summed E-state index contributed by atoms with van der Waals surface area (Å²) in [5, 5.41) is 9.78. The van der Waals surface area contributed by atoms with Crippen molar-refractivity contribution in [3.63, 3.8) is 0 Å². The van der Waals surface area contributed by atoms with Crippen LogP contribution in [0.25, 0.3) is 11.1 Å². The number of carbonyl (C=O) groups is 1. The topological polar surface area (TPSA) is 37.3 Å². The van der Waals surface area contributed by atoms with Gasteiger partial charge in [-0.3, -0.25) is 0 Å². The molecule has 0 amide bonds. The van der Waals surface area contributed by atoms with Crippen molar-refractivity contribution in [3.8, 4) is 11.1 Å². The van der Waals surface area contributed by atoms with Crippen LogP contribution in [-0.4, -0.2) is 11.1 Å². The average molecular weight is 367 g/mol. The number of unbranched alkanes of at least 4 members (excludes halogenated alkanes) is 6. The van der Waals surface area contributed by atoms with Crippen molar-refractivity contribution in [1.29, 1.82) is 0 Å². The average Bonchev–Trinajstić information content (AvgIpc) is 2.68. The maximum absolute atomic E-state index is 11.9. The molecule has 1 N–H and O–H groups in total. The van der Waals surface area contributed by atoms with Gasteiger partial charge >= 0.3 is 5.97 Å². The highest BCUT2D eigenvalue weighted by Gasteiger charge is 2.18. The van der Waals surface area contributed by atoms with Crippen LogP contribution in [0.2, 0.25) is 0 Å². The molecule has 0 saturated carbocycles. The predicted octanol–water partition coefficient (Wildman–Crippen LogP) is 7.30. The molecule has 0 aliphatic carbocycles. The van der Waals surface area contributed by atoms with Crippen LogP contribution in [0.4, 0.5) is 0 Å². The molecular weight excluding hydrogens is 332 g/mol. The van der Waals surface area contributed by atoms with E-state index in [1.807, 2.05) is 30.3 Å². The number of hydrogen-bond acceptors (Lipinski definition) is 1. The molecule has 0 heterocycles. The monoisotopic (exact) mass is 366 g/mol. The second-order valence-electron chi connectivity index (χ2n) is 7.42. The van der Waals surface area contributed by atoms with Crippen LogP contribution in [0.1, 0.15) is 86.7 Å². The van der Waals surface area contributed by atoms with E-state index < -0.39 is 5.97 Å². The van der Waals surface area contributed by atoms with Gasteiger partial charge in [-0.25, -0.2) is 4.79 Å². The van der Waals surface area contributed by atoms with Gasteiger partial charge in [0, 0.05) is 0 Å².